The molecule has 2 aromatic rings. The number of rotatable bonds is 5. The second kappa shape index (κ2) is 7.44. The normalized spacial score (nSPS) is 16.5. The maximum absolute atomic E-state index is 12.1. The van der Waals surface area contributed by atoms with Crippen molar-refractivity contribution in [3.63, 3.8) is 0 Å². The van der Waals surface area contributed by atoms with Gasteiger partial charge < -0.3 is 14.8 Å². The van der Waals surface area contributed by atoms with E-state index in [1.165, 1.54) is 12.0 Å². The monoisotopic (exact) mass is 360 g/mol. The van der Waals surface area contributed by atoms with Gasteiger partial charge in [-0.3, -0.25) is 9.69 Å². The summed E-state index contributed by atoms with van der Waals surface area (Å²) < 4.78 is 10.4. The highest BCUT2D eigenvalue weighted by Gasteiger charge is 2.32. The van der Waals surface area contributed by atoms with Gasteiger partial charge in [0, 0.05) is 11.3 Å². The van der Waals surface area contributed by atoms with Gasteiger partial charge in [-0.05, 0) is 30.3 Å². The smallest absolute Gasteiger partial charge is 0.414 e. The molecule has 1 heterocycles. The number of benzene rings is 2. The molecule has 1 aliphatic heterocycles. The number of nitrogens with one attached hydrogen (secondary N) is 1. The van der Waals surface area contributed by atoms with Crippen molar-refractivity contribution in [2.45, 2.75) is 6.10 Å². The molecule has 0 radical (unpaired) electrons. The Morgan fingerprint density at radius 1 is 1.32 bits per heavy atom. The summed E-state index contributed by atoms with van der Waals surface area (Å²) in [7, 11) is 1.52. The van der Waals surface area contributed by atoms with Gasteiger partial charge in [-0.25, -0.2) is 4.79 Å². The van der Waals surface area contributed by atoms with Gasteiger partial charge in [0.25, 0.3) is 5.91 Å². The first kappa shape index (κ1) is 17.1. The number of methoxy groups -OCH3 is 1. The molecule has 1 fully saturated rings. The van der Waals surface area contributed by atoms with E-state index in [0.29, 0.717) is 28.6 Å². The minimum atomic E-state index is -0.472. The highest BCUT2D eigenvalue weighted by molar-refractivity contribution is 6.32. The quantitative estimate of drug-likeness (QED) is 0.889. The molecule has 1 aliphatic rings. The molecule has 1 unspecified atom stereocenters. The molecule has 6 nitrogen and oxygen atoms in total. The van der Waals surface area contributed by atoms with Crippen LogP contribution in [0.15, 0.2) is 48.5 Å². The molecule has 130 valence electrons. The third kappa shape index (κ3) is 3.85. The van der Waals surface area contributed by atoms with Crippen LogP contribution in [0.3, 0.4) is 0 Å². The third-order valence-electron chi connectivity index (χ3n) is 3.85. The van der Waals surface area contributed by atoms with Crippen molar-refractivity contribution >= 4 is 29.3 Å². The van der Waals surface area contributed by atoms with Gasteiger partial charge in [-0.2, -0.15) is 0 Å². The number of hydrogen-bond acceptors (Lipinski definition) is 4. The van der Waals surface area contributed by atoms with E-state index >= 15 is 0 Å². The summed E-state index contributed by atoms with van der Waals surface area (Å²) in [4.78, 5) is 25.6. The minimum Gasteiger partial charge on any atom is -0.495 e. The molecule has 0 aliphatic carbocycles. The van der Waals surface area contributed by atoms with Crippen LogP contribution in [0.4, 0.5) is 10.5 Å². The summed E-state index contributed by atoms with van der Waals surface area (Å²) in [6.45, 7) is 0.566. The first-order valence-electron chi connectivity index (χ1n) is 7.73. The lowest BCUT2D eigenvalue weighted by Crippen LogP contribution is -2.34. The summed E-state index contributed by atoms with van der Waals surface area (Å²) in [6.07, 6.45) is -0.902. The lowest BCUT2D eigenvalue weighted by molar-refractivity contribution is 0.0916. The van der Waals surface area contributed by atoms with Crippen LogP contribution in [0.2, 0.25) is 5.02 Å². The van der Waals surface area contributed by atoms with E-state index in [0.717, 1.165) is 0 Å². The molecular formula is C18H17ClN2O4. The number of cyclic esters (lactones) is 1. The molecule has 2 aromatic carbocycles. The predicted octanol–water partition coefficient (Wildman–Crippen LogP) is 3.10. The molecule has 3 rings (SSSR count). The minimum absolute atomic E-state index is 0.206. The van der Waals surface area contributed by atoms with E-state index in [-0.39, 0.29) is 12.5 Å². The average molecular weight is 361 g/mol. The van der Waals surface area contributed by atoms with Gasteiger partial charge in [0.2, 0.25) is 0 Å². The Morgan fingerprint density at radius 3 is 2.76 bits per heavy atom. The maximum Gasteiger partial charge on any atom is 0.414 e. The fourth-order valence-electron chi connectivity index (χ4n) is 2.56. The van der Waals surface area contributed by atoms with Crippen molar-refractivity contribution in [3.05, 3.63) is 59.1 Å². The number of carbonyl (C=O) groups is 2. The zero-order valence-electron chi connectivity index (χ0n) is 13.6. The van der Waals surface area contributed by atoms with Gasteiger partial charge in [-0.1, -0.05) is 29.8 Å². The molecule has 7 heteroatoms. The number of anilines is 1. The van der Waals surface area contributed by atoms with Crippen molar-refractivity contribution in [2.24, 2.45) is 0 Å². The van der Waals surface area contributed by atoms with E-state index in [1.54, 1.807) is 42.5 Å². The molecule has 1 N–H and O–H groups in total. The Kier molecular flexibility index (Phi) is 5.09. The van der Waals surface area contributed by atoms with E-state index in [2.05, 4.69) is 5.32 Å². The van der Waals surface area contributed by atoms with Crippen LogP contribution in [0, 0.1) is 0 Å². The van der Waals surface area contributed by atoms with Gasteiger partial charge in [0.05, 0.1) is 25.2 Å². The van der Waals surface area contributed by atoms with E-state index in [1.807, 2.05) is 6.07 Å². The largest absolute Gasteiger partial charge is 0.495 e. The molecule has 1 saturated heterocycles. The first-order chi connectivity index (χ1) is 12.1. The first-order valence-corrected chi connectivity index (χ1v) is 8.11. The number of halogens is 1. The van der Waals surface area contributed by atoms with Crippen molar-refractivity contribution in [1.82, 2.24) is 5.32 Å². The maximum atomic E-state index is 12.1. The highest BCUT2D eigenvalue weighted by Crippen LogP contribution is 2.31. The molecule has 0 aromatic heterocycles. The van der Waals surface area contributed by atoms with Crippen molar-refractivity contribution < 1.29 is 19.1 Å². The lowest BCUT2D eigenvalue weighted by atomic mass is 10.2. The second-order valence-corrected chi connectivity index (χ2v) is 5.92. The standard InChI is InChI=1S/C18H17ClN2O4/c1-24-16-8-7-13(9-15(16)19)21-11-14(25-18(21)23)10-20-17(22)12-5-3-2-4-6-12/h2-9,14H,10-11H2,1H3,(H,20,22). The molecule has 1 atom stereocenters. The third-order valence-corrected chi connectivity index (χ3v) is 4.14. The number of carbonyl (C=O) groups excluding carboxylic acids is 2. The van der Waals surface area contributed by atoms with E-state index in [4.69, 9.17) is 21.1 Å². The van der Waals surface area contributed by atoms with Gasteiger partial charge >= 0.3 is 6.09 Å². The Hall–Kier alpha value is -2.73. The van der Waals surface area contributed by atoms with Crippen molar-refractivity contribution in [3.8, 4) is 5.75 Å². The van der Waals surface area contributed by atoms with Crippen LogP contribution >= 0.6 is 11.6 Å². The molecule has 25 heavy (non-hydrogen) atoms. The van der Waals surface area contributed by atoms with Crippen molar-refractivity contribution in [1.29, 1.82) is 0 Å². The fourth-order valence-corrected chi connectivity index (χ4v) is 2.81. The second-order valence-electron chi connectivity index (χ2n) is 5.51. The summed E-state index contributed by atoms with van der Waals surface area (Å²) in [6, 6.07) is 13.9. The SMILES string of the molecule is COc1ccc(N2CC(CNC(=O)c3ccccc3)OC2=O)cc1Cl. The number of ether oxygens (including phenoxy) is 2. The Labute approximate surface area is 150 Å². The van der Waals surface area contributed by atoms with Crippen LogP contribution in [0.25, 0.3) is 0 Å². The molecular weight excluding hydrogens is 344 g/mol. The highest BCUT2D eigenvalue weighted by atomic mass is 35.5. The van der Waals surface area contributed by atoms with E-state index < -0.39 is 12.2 Å². The van der Waals surface area contributed by atoms with Crippen LogP contribution in [0.1, 0.15) is 10.4 Å². The number of hydrogen-bond donors (Lipinski definition) is 1. The van der Waals surface area contributed by atoms with Crippen LogP contribution in [-0.4, -0.2) is 38.3 Å². The van der Waals surface area contributed by atoms with Crippen LogP contribution in [0.5, 0.6) is 5.75 Å². The fraction of sp³-hybridized carbons (Fsp3) is 0.222. The zero-order valence-corrected chi connectivity index (χ0v) is 14.3. The molecule has 2 amide bonds. The zero-order chi connectivity index (χ0) is 17.8. The van der Waals surface area contributed by atoms with Crippen LogP contribution in [-0.2, 0) is 4.74 Å². The van der Waals surface area contributed by atoms with Gasteiger partial charge in [0.15, 0.2) is 0 Å². The Balaban J connectivity index is 1.61. The summed E-state index contributed by atoms with van der Waals surface area (Å²) in [5, 5.41) is 3.18. The molecule has 0 saturated carbocycles. The van der Waals surface area contributed by atoms with Gasteiger partial charge in [0.1, 0.15) is 11.9 Å². The van der Waals surface area contributed by atoms with Gasteiger partial charge in [-0.15, -0.1) is 0 Å². The van der Waals surface area contributed by atoms with Crippen LogP contribution < -0.4 is 15.0 Å². The molecule has 0 bridgehead atoms. The Morgan fingerprint density at radius 2 is 2.08 bits per heavy atom. The summed E-state index contributed by atoms with van der Waals surface area (Å²) in [5.41, 5.74) is 1.18. The van der Waals surface area contributed by atoms with Crippen molar-refractivity contribution in [2.75, 3.05) is 25.1 Å². The summed E-state index contributed by atoms with van der Waals surface area (Å²) in [5.74, 6) is 0.326. The average Bonchev–Trinajstić information content (AvgIpc) is 3.01. The number of nitrogens with zero attached hydrogens (tertiary/aromatic N) is 1. The lowest BCUT2D eigenvalue weighted by Gasteiger charge is -2.14. The number of amides is 2. The topological polar surface area (TPSA) is 67.9 Å². The molecule has 0 spiro atoms. The van der Waals surface area contributed by atoms with E-state index in [9.17, 15) is 9.59 Å². The summed E-state index contributed by atoms with van der Waals surface area (Å²) >= 11 is 6.10. The Bertz CT molecular complexity index is 782. The predicted molar refractivity (Wildman–Crippen MR) is 94.4 cm³/mol.